The standard InChI is InChI=1S/C19H22N6O2/c1-27-15-4-2-3-13-14(5-8-22-16(13)15)24-9-6-12(7-10-24)25-11-23-17(18(25)20)19(21)26/h2-5,8,11-12H,6-7,9-10,20H2,1H3,(H2,21,26). The SMILES string of the molecule is COc1cccc2c(N3CCC(n4cnc(C(N)=O)c4N)CC3)ccnc12. The zero-order chi connectivity index (χ0) is 19.0. The molecule has 0 aliphatic carbocycles. The van der Waals surface area contributed by atoms with Crippen LogP contribution in [0.3, 0.4) is 0 Å². The molecule has 0 unspecified atom stereocenters. The van der Waals surface area contributed by atoms with Gasteiger partial charge >= 0.3 is 0 Å². The number of hydrogen-bond donors (Lipinski definition) is 2. The summed E-state index contributed by atoms with van der Waals surface area (Å²) in [6.45, 7) is 1.73. The van der Waals surface area contributed by atoms with Crippen LogP contribution >= 0.6 is 0 Å². The highest BCUT2D eigenvalue weighted by Gasteiger charge is 2.25. The molecule has 4 rings (SSSR count). The molecule has 0 atom stereocenters. The highest BCUT2D eigenvalue weighted by molar-refractivity contribution is 5.95. The van der Waals surface area contributed by atoms with Gasteiger partial charge in [-0.3, -0.25) is 9.78 Å². The highest BCUT2D eigenvalue weighted by Crippen LogP contribution is 2.34. The van der Waals surface area contributed by atoms with Crippen LogP contribution in [0, 0.1) is 0 Å². The largest absolute Gasteiger partial charge is 0.494 e. The van der Waals surface area contributed by atoms with E-state index < -0.39 is 5.91 Å². The van der Waals surface area contributed by atoms with E-state index in [-0.39, 0.29) is 11.7 Å². The summed E-state index contributed by atoms with van der Waals surface area (Å²) in [7, 11) is 1.66. The second-order valence-corrected chi connectivity index (χ2v) is 6.65. The molecule has 2 aromatic heterocycles. The molecule has 1 aromatic carbocycles. The maximum Gasteiger partial charge on any atom is 0.271 e. The number of methoxy groups -OCH3 is 1. The molecular weight excluding hydrogens is 344 g/mol. The second kappa shape index (κ2) is 6.79. The number of rotatable bonds is 4. The molecule has 1 amide bonds. The molecule has 140 valence electrons. The number of nitrogens with zero attached hydrogens (tertiary/aromatic N) is 4. The van der Waals surface area contributed by atoms with Crippen molar-refractivity contribution in [2.24, 2.45) is 5.73 Å². The molecule has 8 heteroatoms. The van der Waals surface area contributed by atoms with E-state index in [1.807, 2.05) is 29.0 Å². The van der Waals surface area contributed by atoms with Gasteiger partial charge in [-0.15, -0.1) is 0 Å². The van der Waals surface area contributed by atoms with Crippen molar-refractivity contribution in [3.63, 3.8) is 0 Å². The van der Waals surface area contributed by atoms with Gasteiger partial charge < -0.3 is 25.7 Å². The van der Waals surface area contributed by atoms with Gasteiger partial charge in [0.15, 0.2) is 5.69 Å². The number of imidazole rings is 1. The normalized spacial score (nSPS) is 15.2. The fourth-order valence-electron chi connectivity index (χ4n) is 3.81. The van der Waals surface area contributed by atoms with Gasteiger partial charge in [0.25, 0.3) is 5.91 Å². The van der Waals surface area contributed by atoms with Crippen LogP contribution in [0.5, 0.6) is 5.75 Å². The second-order valence-electron chi connectivity index (χ2n) is 6.65. The average Bonchev–Trinajstić information content (AvgIpc) is 3.09. The van der Waals surface area contributed by atoms with Crippen LogP contribution in [-0.2, 0) is 0 Å². The number of para-hydroxylation sites is 1. The lowest BCUT2D eigenvalue weighted by atomic mass is 10.0. The number of carbonyl (C=O) groups excluding carboxylic acids is 1. The molecule has 0 radical (unpaired) electrons. The van der Waals surface area contributed by atoms with Crippen molar-refractivity contribution < 1.29 is 9.53 Å². The first-order valence-electron chi connectivity index (χ1n) is 8.89. The monoisotopic (exact) mass is 366 g/mol. The molecule has 1 aliphatic heterocycles. The van der Waals surface area contributed by atoms with Crippen LogP contribution < -0.4 is 21.1 Å². The molecule has 1 fully saturated rings. The van der Waals surface area contributed by atoms with E-state index in [1.54, 1.807) is 13.4 Å². The molecule has 0 saturated carbocycles. The first-order chi connectivity index (χ1) is 13.1. The average molecular weight is 366 g/mol. The van der Waals surface area contributed by atoms with E-state index in [2.05, 4.69) is 20.9 Å². The predicted molar refractivity (Wildman–Crippen MR) is 104 cm³/mol. The van der Waals surface area contributed by atoms with E-state index in [9.17, 15) is 4.79 Å². The summed E-state index contributed by atoms with van der Waals surface area (Å²) in [5.41, 5.74) is 13.5. The number of piperidine rings is 1. The van der Waals surface area contributed by atoms with E-state index in [0.29, 0.717) is 5.82 Å². The van der Waals surface area contributed by atoms with Crippen LogP contribution in [0.2, 0.25) is 0 Å². The van der Waals surface area contributed by atoms with E-state index in [0.717, 1.165) is 48.3 Å². The third-order valence-electron chi connectivity index (χ3n) is 5.19. The number of primary amides is 1. The number of nitrogens with two attached hydrogens (primary N) is 2. The Morgan fingerprint density at radius 3 is 2.67 bits per heavy atom. The minimum Gasteiger partial charge on any atom is -0.494 e. The Balaban J connectivity index is 1.57. The van der Waals surface area contributed by atoms with Crippen molar-refractivity contribution in [3.05, 3.63) is 42.5 Å². The Kier molecular flexibility index (Phi) is 4.31. The maximum absolute atomic E-state index is 11.4. The Labute approximate surface area is 156 Å². The lowest BCUT2D eigenvalue weighted by Crippen LogP contribution is -2.35. The molecule has 1 saturated heterocycles. The number of benzene rings is 1. The van der Waals surface area contributed by atoms with Gasteiger partial charge in [-0.05, 0) is 25.0 Å². The zero-order valence-corrected chi connectivity index (χ0v) is 15.1. The number of hydrogen-bond acceptors (Lipinski definition) is 6. The van der Waals surface area contributed by atoms with Gasteiger partial charge in [-0.1, -0.05) is 12.1 Å². The number of amides is 1. The van der Waals surface area contributed by atoms with Crippen molar-refractivity contribution in [1.29, 1.82) is 0 Å². The summed E-state index contributed by atoms with van der Waals surface area (Å²) >= 11 is 0. The van der Waals surface area contributed by atoms with Gasteiger partial charge in [0, 0.05) is 36.4 Å². The molecular formula is C19H22N6O2. The number of ether oxygens (including phenoxy) is 1. The molecule has 3 heterocycles. The maximum atomic E-state index is 11.4. The molecule has 27 heavy (non-hydrogen) atoms. The van der Waals surface area contributed by atoms with Crippen molar-refractivity contribution in [2.75, 3.05) is 30.8 Å². The Hall–Kier alpha value is -3.29. The van der Waals surface area contributed by atoms with Crippen molar-refractivity contribution in [3.8, 4) is 5.75 Å². The van der Waals surface area contributed by atoms with Gasteiger partial charge in [0.05, 0.1) is 13.4 Å². The molecule has 1 aliphatic rings. The topological polar surface area (TPSA) is 112 Å². The first kappa shape index (κ1) is 17.1. The van der Waals surface area contributed by atoms with E-state index in [4.69, 9.17) is 16.2 Å². The van der Waals surface area contributed by atoms with E-state index in [1.165, 1.54) is 0 Å². The Morgan fingerprint density at radius 1 is 1.22 bits per heavy atom. The third-order valence-corrected chi connectivity index (χ3v) is 5.19. The Bertz CT molecular complexity index is 991. The molecule has 8 nitrogen and oxygen atoms in total. The van der Waals surface area contributed by atoms with Crippen molar-refractivity contribution in [2.45, 2.75) is 18.9 Å². The lowest BCUT2D eigenvalue weighted by molar-refractivity contribution is 0.0997. The van der Waals surface area contributed by atoms with Gasteiger partial charge in [-0.25, -0.2) is 4.98 Å². The van der Waals surface area contributed by atoms with Crippen LogP contribution in [0.4, 0.5) is 11.5 Å². The highest BCUT2D eigenvalue weighted by atomic mass is 16.5. The smallest absolute Gasteiger partial charge is 0.271 e. The van der Waals surface area contributed by atoms with Gasteiger partial charge in [0.1, 0.15) is 17.1 Å². The molecule has 0 bridgehead atoms. The number of pyridine rings is 1. The third kappa shape index (κ3) is 2.92. The number of aromatic nitrogens is 3. The van der Waals surface area contributed by atoms with Crippen molar-refractivity contribution in [1.82, 2.24) is 14.5 Å². The number of carbonyl (C=O) groups is 1. The summed E-state index contributed by atoms with van der Waals surface area (Å²) in [5, 5.41) is 1.08. The number of nitrogen functional groups attached to an aromatic ring is 1. The number of anilines is 2. The molecule has 4 N–H and O–H groups in total. The summed E-state index contributed by atoms with van der Waals surface area (Å²) in [6.07, 6.45) is 5.22. The van der Waals surface area contributed by atoms with Gasteiger partial charge in [0.2, 0.25) is 0 Å². The van der Waals surface area contributed by atoms with E-state index >= 15 is 0 Å². The molecule has 0 spiro atoms. The minimum absolute atomic E-state index is 0.143. The minimum atomic E-state index is -0.596. The fourth-order valence-corrected chi connectivity index (χ4v) is 3.81. The summed E-state index contributed by atoms with van der Waals surface area (Å²) in [6, 6.07) is 8.21. The molecule has 3 aromatic rings. The summed E-state index contributed by atoms with van der Waals surface area (Å²) in [5.74, 6) is 0.523. The van der Waals surface area contributed by atoms with Crippen LogP contribution in [0.15, 0.2) is 36.8 Å². The van der Waals surface area contributed by atoms with Crippen LogP contribution in [0.25, 0.3) is 10.9 Å². The summed E-state index contributed by atoms with van der Waals surface area (Å²) in [4.78, 5) is 22.3. The van der Waals surface area contributed by atoms with Crippen LogP contribution in [-0.4, -0.2) is 40.6 Å². The fraction of sp³-hybridized carbons (Fsp3) is 0.316. The van der Waals surface area contributed by atoms with Crippen LogP contribution in [0.1, 0.15) is 29.4 Å². The Morgan fingerprint density at radius 2 is 2.00 bits per heavy atom. The van der Waals surface area contributed by atoms with Crippen molar-refractivity contribution >= 4 is 28.3 Å². The first-order valence-corrected chi connectivity index (χ1v) is 8.89. The lowest BCUT2D eigenvalue weighted by Gasteiger charge is -2.35. The quantitative estimate of drug-likeness (QED) is 0.730. The van der Waals surface area contributed by atoms with Gasteiger partial charge in [-0.2, -0.15) is 0 Å². The predicted octanol–water partition coefficient (Wildman–Crippen LogP) is 1.96. The zero-order valence-electron chi connectivity index (χ0n) is 15.1. The number of fused-ring (bicyclic) bond motifs is 1. The summed E-state index contributed by atoms with van der Waals surface area (Å²) < 4.78 is 7.30.